The van der Waals surface area contributed by atoms with Crippen LogP contribution in [0.5, 0.6) is 0 Å². The molecule has 1 aromatic rings. The van der Waals surface area contributed by atoms with Crippen molar-refractivity contribution in [2.24, 2.45) is 0 Å². The zero-order valence-electron chi connectivity index (χ0n) is 13.2. The summed E-state index contributed by atoms with van der Waals surface area (Å²) in [5, 5.41) is 5.67. The molecule has 128 valence electrons. The summed E-state index contributed by atoms with van der Waals surface area (Å²) in [6, 6.07) is 1.50. The van der Waals surface area contributed by atoms with Gasteiger partial charge in [-0.1, -0.05) is 0 Å². The summed E-state index contributed by atoms with van der Waals surface area (Å²) in [5.41, 5.74) is 0.811. The maximum absolute atomic E-state index is 12.4. The molecule has 1 saturated heterocycles. The molecule has 0 aromatic carbocycles. The number of carbonyl (C=O) groups is 1. The largest absolute Gasteiger partial charge is 0.273 e. The standard InChI is InChI=1S/C14H22N4O4S/c1-2-23(20,21)16-10-12-5-6-15-18(12)13(11-16)9-14(19)17-7-3-4-8-22-17/h5-6,13H,2-4,7-11H2,1H3. The zero-order chi connectivity index (χ0) is 16.4. The van der Waals surface area contributed by atoms with Gasteiger partial charge in [0.15, 0.2) is 0 Å². The molecule has 0 radical (unpaired) electrons. The van der Waals surface area contributed by atoms with E-state index in [2.05, 4.69) is 5.10 Å². The summed E-state index contributed by atoms with van der Waals surface area (Å²) in [5.74, 6) is -0.0660. The van der Waals surface area contributed by atoms with Gasteiger partial charge in [-0.15, -0.1) is 0 Å². The van der Waals surface area contributed by atoms with Crippen LogP contribution in [0.3, 0.4) is 0 Å². The van der Waals surface area contributed by atoms with Gasteiger partial charge in [-0.2, -0.15) is 9.40 Å². The Morgan fingerprint density at radius 2 is 2.26 bits per heavy atom. The summed E-state index contributed by atoms with van der Waals surface area (Å²) in [6.45, 7) is 3.35. The van der Waals surface area contributed by atoms with Gasteiger partial charge in [0.1, 0.15) is 0 Å². The summed E-state index contributed by atoms with van der Waals surface area (Å²) in [6.07, 6.45) is 3.72. The molecule has 3 rings (SSSR count). The van der Waals surface area contributed by atoms with Gasteiger partial charge in [-0.05, 0) is 25.8 Å². The average molecular weight is 342 g/mol. The molecule has 23 heavy (non-hydrogen) atoms. The number of rotatable bonds is 4. The van der Waals surface area contributed by atoms with Gasteiger partial charge in [0, 0.05) is 19.3 Å². The fraction of sp³-hybridized carbons (Fsp3) is 0.714. The lowest BCUT2D eigenvalue weighted by atomic mass is 10.1. The lowest BCUT2D eigenvalue weighted by Gasteiger charge is -2.34. The van der Waals surface area contributed by atoms with E-state index in [4.69, 9.17) is 4.84 Å². The van der Waals surface area contributed by atoms with Crippen LogP contribution < -0.4 is 0 Å². The molecular weight excluding hydrogens is 320 g/mol. The minimum Gasteiger partial charge on any atom is -0.273 e. The van der Waals surface area contributed by atoms with Crippen LogP contribution in [-0.2, 0) is 26.2 Å². The fourth-order valence-corrected chi connectivity index (χ4v) is 4.09. The van der Waals surface area contributed by atoms with E-state index >= 15 is 0 Å². The first kappa shape index (κ1) is 16.4. The molecule has 3 heterocycles. The first-order valence-corrected chi connectivity index (χ1v) is 9.55. The molecular formula is C14H22N4O4S. The van der Waals surface area contributed by atoms with Crippen molar-refractivity contribution in [3.05, 3.63) is 18.0 Å². The molecule has 1 fully saturated rings. The van der Waals surface area contributed by atoms with Gasteiger partial charge >= 0.3 is 0 Å². The minimum atomic E-state index is -3.30. The second-order valence-corrected chi connectivity index (χ2v) is 8.11. The number of sulfonamides is 1. The van der Waals surface area contributed by atoms with E-state index in [1.165, 1.54) is 9.37 Å². The van der Waals surface area contributed by atoms with Crippen molar-refractivity contribution in [3.63, 3.8) is 0 Å². The Balaban J connectivity index is 1.76. The Bertz CT molecular complexity index is 666. The summed E-state index contributed by atoms with van der Waals surface area (Å²) in [4.78, 5) is 17.8. The van der Waals surface area contributed by atoms with Crippen molar-refractivity contribution < 1.29 is 18.0 Å². The van der Waals surface area contributed by atoms with Gasteiger partial charge in [-0.25, -0.2) is 13.5 Å². The predicted molar refractivity (Wildman–Crippen MR) is 82.7 cm³/mol. The van der Waals surface area contributed by atoms with Crippen LogP contribution in [-0.4, -0.2) is 58.9 Å². The Morgan fingerprint density at radius 1 is 1.43 bits per heavy atom. The predicted octanol–water partition coefficient (Wildman–Crippen LogP) is 0.534. The van der Waals surface area contributed by atoms with Crippen molar-refractivity contribution in [1.29, 1.82) is 0 Å². The highest BCUT2D eigenvalue weighted by atomic mass is 32.2. The lowest BCUT2D eigenvalue weighted by molar-refractivity contribution is -0.198. The number of hydrogen-bond donors (Lipinski definition) is 0. The molecule has 8 nitrogen and oxygen atoms in total. The van der Waals surface area contributed by atoms with Crippen molar-refractivity contribution in [2.45, 2.75) is 38.8 Å². The van der Waals surface area contributed by atoms with E-state index in [1.54, 1.807) is 23.9 Å². The number of nitrogens with zero attached hydrogens (tertiary/aromatic N) is 4. The lowest BCUT2D eigenvalue weighted by Crippen LogP contribution is -2.44. The fourth-order valence-electron chi connectivity index (χ4n) is 3.00. The van der Waals surface area contributed by atoms with E-state index in [0.29, 0.717) is 19.7 Å². The highest BCUT2D eigenvalue weighted by molar-refractivity contribution is 7.89. The van der Waals surface area contributed by atoms with Crippen LogP contribution in [0.4, 0.5) is 0 Å². The van der Waals surface area contributed by atoms with Gasteiger partial charge in [0.2, 0.25) is 15.9 Å². The minimum absolute atomic E-state index is 0.0526. The van der Waals surface area contributed by atoms with Gasteiger partial charge in [0.05, 0.1) is 37.1 Å². The van der Waals surface area contributed by atoms with Crippen LogP contribution in [0.25, 0.3) is 0 Å². The maximum Gasteiger partial charge on any atom is 0.248 e. The van der Waals surface area contributed by atoms with E-state index in [9.17, 15) is 13.2 Å². The molecule has 0 spiro atoms. The highest BCUT2D eigenvalue weighted by Gasteiger charge is 2.34. The highest BCUT2D eigenvalue weighted by Crippen LogP contribution is 2.26. The molecule has 9 heteroatoms. The first-order valence-electron chi connectivity index (χ1n) is 7.94. The topological polar surface area (TPSA) is 84.7 Å². The molecule has 0 saturated carbocycles. The average Bonchev–Trinajstić information content (AvgIpc) is 3.04. The summed E-state index contributed by atoms with van der Waals surface area (Å²) >= 11 is 0. The van der Waals surface area contributed by atoms with Crippen LogP contribution in [0, 0.1) is 0 Å². The third-order valence-electron chi connectivity index (χ3n) is 4.30. The number of fused-ring (bicyclic) bond motifs is 1. The first-order chi connectivity index (χ1) is 11.0. The van der Waals surface area contributed by atoms with Crippen molar-refractivity contribution in [1.82, 2.24) is 19.1 Å². The van der Waals surface area contributed by atoms with Gasteiger partial charge < -0.3 is 0 Å². The van der Waals surface area contributed by atoms with Crippen molar-refractivity contribution >= 4 is 15.9 Å². The van der Waals surface area contributed by atoms with E-state index < -0.39 is 10.0 Å². The van der Waals surface area contributed by atoms with Gasteiger partial charge in [-0.3, -0.25) is 14.3 Å². The van der Waals surface area contributed by atoms with Gasteiger partial charge in [0.25, 0.3) is 0 Å². The van der Waals surface area contributed by atoms with Crippen molar-refractivity contribution in [2.75, 3.05) is 25.4 Å². The SMILES string of the molecule is CCS(=O)(=O)N1Cc2ccnn2C(CC(=O)N2CCCCO2)C1. The zero-order valence-corrected chi connectivity index (χ0v) is 14.0. The number of hydrogen-bond acceptors (Lipinski definition) is 5. The smallest absolute Gasteiger partial charge is 0.248 e. The Morgan fingerprint density at radius 3 is 2.96 bits per heavy atom. The monoisotopic (exact) mass is 342 g/mol. The summed E-state index contributed by atoms with van der Waals surface area (Å²) < 4.78 is 27.6. The second kappa shape index (κ2) is 6.58. The number of carbonyl (C=O) groups excluding carboxylic acids is 1. The van der Waals surface area contributed by atoms with Crippen LogP contribution in [0.15, 0.2) is 12.3 Å². The second-order valence-electron chi connectivity index (χ2n) is 5.85. The quantitative estimate of drug-likeness (QED) is 0.797. The van der Waals surface area contributed by atoms with E-state index in [1.807, 2.05) is 0 Å². The molecule has 1 aromatic heterocycles. The maximum atomic E-state index is 12.4. The van der Waals surface area contributed by atoms with Crippen LogP contribution >= 0.6 is 0 Å². The number of amides is 1. The molecule has 0 bridgehead atoms. The molecule has 2 aliphatic heterocycles. The number of aromatic nitrogens is 2. The Kier molecular flexibility index (Phi) is 4.69. The van der Waals surface area contributed by atoms with Crippen LogP contribution in [0.1, 0.15) is 37.9 Å². The van der Waals surface area contributed by atoms with E-state index in [-0.39, 0.29) is 30.7 Å². The Hall–Kier alpha value is -1.45. The third-order valence-corrected chi connectivity index (χ3v) is 6.09. The van der Waals surface area contributed by atoms with Crippen LogP contribution in [0.2, 0.25) is 0 Å². The molecule has 2 aliphatic rings. The third kappa shape index (κ3) is 3.41. The van der Waals surface area contributed by atoms with E-state index in [0.717, 1.165) is 18.5 Å². The molecule has 1 atom stereocenters. The normalized spacial score (nSPS) is 22.8. The number of hydroxylamine groups is 2. The molecule has 0 N–H and O–H groups in total. The van der Waals surface area contributed by atoms with Crippen molar-refractivity contribution in [3.8, 4) is 0 Å². The summed E-state index contributed by atoms with van der Waals surface area (Å²) in [7, 11) is -3.30. The molecule has 1 amide bonds. The molecule has 1 unspecified atom stereocenters. The molecule has 0 aliphatic carbocycles. The Labute approximate surface area is 136 Å².